The first kappa shape index (κ1) is 20.7. The highest BCUT2D eigenvalue weighted by molar-refractivity contribution is 9.10. The zero-order valence-electron chi connectivity index (χ0n) is 16.9. The minimum atomic E-state index is -0.526. The molecule has 0 fully saturated rings. The summed E-state index contributed by atoms with van der Waals surface area (Å²) in [6.45, 7) is 5.99. The van der Waals surface area contributed by atoms with E-state index in [9.17, 15) is 4.79 Å². The molecule has 0 saturated heterocycles. The molecule has 3 aromatic rings. The number of nitrogens with zero attached hydrogens (tertiary/aromatic N) is 3. The third kappa shape index (κ3) is 4.17. The van der Waals surface area contributed by atoms with Gasteiger partial charge >= 0.3 is 0 Å². The summed E-state index contributed by atoms with van der Waals surface area (Å²) >= 11 is 4.95. The summed E-state index contributed by atoms with van der Waals surface area (Å²) in [6, 6.07) is 10.8. The highest BCUT2D eigenvalue weighted by Crippen LogP contribution is 2.38. The van der Waals surface area contributed by atoms with Crippen LogP contribution in [0.15, 0.2) is 61.9 Å². The van der Waals surface area contributed by atoms with Crippen LogP contribution in [0.4, 0.5) is 11.6 Å². The lowest BCUT2D eigenvalue weighted by atomic mass is 10.00. The molecule has 4 rings (SSSR count). The number of rotatable bonds is 6. The van der Waals surface area contributed by atoms with Crippen molar-refractivity contribution in [1.29, 1.82) is 0 Å². The molecule has 1 unspecified atom stereocenters. The van der Waals surface area contributed by atoms with Crippen LogP contribution in [0.5, 0.6) is 0 Å². The van der Waals surface area contributed by atoms with Gasteiger partial charge in [-0.3, -0.25) is 4.79 Å². The summed E-state index contributed by atoms with van der Waals surface area (Å²) in [4.78, 5) is 17.9. The number of benzene rings is 1. The molecule has 2 aromatic heterocycles. The number of carbonyl (C=O) groups is 1. The third-order valence-corrected chi connectivity index (χ3v) is 6.16. The van der Waals surface area contributed by atoms with Crippen molar-refractivity contribution >= 4 is 45.2 Å². The molecule has 0 spiro atoms. The molecular formula is C21H22BrN5O2S. The number of aromatic nitrogens is 3. The van der Waals surface area contributed by atoms with Crippen molar-refractivity contribution in [3.05, 3.63) is 63.7 Å². The fourth-order valence-electron chi connectivity index (χ4n) is 3.25. The lowest BCUT2D eigenvalue weighted by molar-refractivity contribution is -0.113. The molecule has 30 heavy (non-hydrogen) atoms. The van der Waals surface area contributed by atoms with Gasteiger partial charge in [0.05, 0.1) is 5.57 Å². The molecular weight excluding hydrogens is 466 g/mol. The predicted molar refractivity (Wildman–Crippen MR) is 122 cm³/mol. The number of hydrogen-bond donors (Lipinski definition) is 2. The van der Waals surface area contributed by atoms with Crippen LogP contribution < -0.4 is 10.6 Å². The molecule has 1 aromatic carbocycles. The van der Waals surface area contributed by atoms with Gasteiger partial charge in [-0.25, -0.2) is 4.68 Å². The highest BCUT2D eigenvalue weighted by atomic mass is 79.9. The number of carbonyl (C=O) groups excluding carboxylic acids is 1. The molecule has 0 saturated carbocycles. The number of allylic oxidation sites excluding steroid dienone is 1. The molecule has 156 valence electrons. The normalized spacial score (nSPS) is 15.7. The van der Waals surface area contributed by atoms with E-state index in [0.29, 0.717) is 32.8 Å². The van der Waals surface area contributed by atoms with Gasteiger partial charge in [-0.1, -0.05) is 36.4 Å². The van der Waals surface area contributed by atoms with Crippen LogP contribution in [0.25, 0.3) is 0 Å². The molecule has 1 aliphatic heterocycles. The molecule has 0 radical (unpaired) electrons. The summed E-state index contributed by atoms with van der Waals surface area (Å²) in [5.41, 5.74) is 3.10. The van der Waals surface area contributed by atoms with Gasteiger partial charge in [0, 0.05) is 17.1 Å². The predicted octanol–water partition coefficient (Wildman–Crippen LogP) is 5.37. The largest absolute Gasteiger partial charge is 0.452 e. The van der Waals surface area contributed by atoms with Crippen molar-refractivity contribution in [1.82, 2.24) is 14.8 Å². The maximum atomic E-state index is 13.3. The fraction of sp³-hybridized carbons (Fsp3) is 0.286. The Morgan fingerprint density at radius 3 is 2.70 bits per heavy atom. The molecule has 1 atom stereocenters. The van der Waals surface area contributed by atoms with Gasteiger partial charge in [0.1, 0.15) is 11.8 Å². The lowest BCUT2D eigenvalue weighted by Crippen LogP contribution is -2.31. The van der Waals surface area contributed by atoms with Gasteiger partial charge in [0.2, 0.25) is 11.1 Å². The quantitative estimate of drug-likeness (QED) is 0.454. The summed E-state index contributed by atoms with van der Waals surface area (Å²) in [5.74, 6) is 1.91. The standard InChI is InChI=1S/C21H22BrN5O2S/c1-4-11-30-21-25-20-23-13(3)17(19(28)24-14-7-5-12(2)6-8-14)18(27(20)26-21)15-9-10-16(22)29-15/h5-10,18H,4,11H2,1-3H3,(H,24,28)(H,23,25,26). The average molecular weight is 488 g/mol. The van der Waals surface area contributed by atoms with Gasteiger partial charge in [-0.15, -0.1) is 5.10 Å². The number of nitrogens with one attached hydrogen (secondary N) is 2. The van der Waals surface area contributed by atoms with Crippen molar-refractivity contribution in [3.8, 4) is 0 Å². The molecule has 1 aliphatic rings. The van der Waals surface area contributed by atoms with Crippen LogP contribution in [0.2, 0.25) is 0 Å². The van der Waals surface area contributed by atoms with Crippen LogP contribution in [0, 0.1) is 6.92 Å². The zero-order chi connectivity index (χ0) is 21.3. The van der Waals surface area contributed by atoms with Crippen LogP contribution >= 0.6 is 27.7 Å². The number of amides is 1. The number of aryl methyl sites for hydroxylation is 1. The van der Waals surface area contributed by atoms with Crippen molar-refractivity contribution in [2.24, 2.45) is 0 Å². The first-order chi connectivity index (χ1) is 14.5. The van der Waals surface area contributed by atoms with E-state index in [2.05, 4.69) is 43.6 Å². The average Bonchev–Trinajstić information content (AvgIpc) is 3.32. The fourth-order valence-corrected chi connectivity index (χ4v) is 4.26. The summed E-state index contributed by atoms with van der Waals surface area (Å²) < 4.78 is 8.16. The summed E-state index contributed by atoms with van der Waals surface area (Å²) in [6.07, 6.45) is 1.03. The van der Waals surface area contributed by atoms with Crippen molar-refractivity contribution < 1.29 is 9.21 Å². The zero-order valence-corrected chi connectivity index (χ0v) is 19.3. The van der Waals surface area contributed by atoms with E-state index in [-0.39, 0.29) is 5.91 Å². The van der Waals surface area contributed by atoms with Crippen molar-refractivity contribution in [3.63, 3.8) is 0 Å². The van der Waals surface area contributed by atoms with Crippen LogP contribution in [0.1, 0.15) is 37.6 Å². The number of anilines is 2. The van der Waals surface area contributed by atoms with E-state index in [1.807, 2.05) is 50.2 Å². The smallest absolute Gasteiger partial charge is 0.256 e. The maximum Gasteiger partial charge on any atom is 0.256 e. The van der Waals surface area contributed by atoms with Gasteiger partial charge in [-0.05, 0) is 60.5 Å². The number of furan rings is 1. The first-order valence-corrected chi connectivity index (χ1v) is 11.4. The molecule has 1 amide bonds. The molecule has 0 aliphatic carbocycles. The van der Waals surface area contributed by atoms with Crippen LogP contribution in [0.3, 0.4) is 0 Å². The first-order valence-electron chi connectivity index (χ1n) is 9.66. The van der Waals surface area contributed by atoms with E-state index >= 15 is 0 Å². The Morgan fingerprint density at radius 2 is 2.03 bits per heavy atom. The topological polar surface area (TPSA) is 85.0 Å². The highest BCUT2D eigenvalue weighted by Gasteiger charge is 2.36. The minimum absolute atomic E-state index is 0.217. The second kappa shape index (κ2) is 8.69. The number of hydrogen-bond acceptors (Lipinski definition) is 6. The van der Waals surface area contributed by atoms with E-state index in [4.69, 9.17) is 4.42 Å². The Labute approximate surface area is 187 Å². The van der Waals surface area contributed by atoms with Gasteiger partial charge in [0.25, 0.3) is 5.91 Å². The minimum Gasteiger partial charge on any atom is -0.452 e. The number of thioether (sulfide) groups is 1. The molecule has 7 nitrogen and oxygen atoms in total. The van der Waals surface area contributed by atoms with E-state index in [1.54, 1.807) is 16.4 Å². The Kier molecular flexibility index (Phi) is 6.01. The second-order valence-electron chi connectivity index (χ2n) is 7.04. The van der Waals surface area contributed by atoms with E-state index < -0.39 is 6.04 Å². The summed E-state index contributed by atoms with van der Waals surface area (Å²) in [5, 5.41) is 11.5. The van der Waals surface area contributed by atoms with Gasteiger partial charge < -0.3 is 15.1 Å². The third-order valence-electron chi connectivity index (χ3n) is 4.69. The maximum absolute atomic E-state index is 13.3. The lowest BCUT2D eigenvalue weighted by Gasteiger charge is -2.27. The summed E-state index contributed by atoms with van der Waals surface area (Å²) in [7, 11) is 0. The monoisotopic (exact) mass is 487 g/mol. The Morgan fingerprint density at radius 1 is 1.27 bits per heavy atom. The van der Waals surface area contributed by atoms with E-state index in [1.165, 1.54) is 0 Å². The van der Waals surface area contributed by atoms with Gasteiger partial charge in [-0.2, -0.15) is 4.98 Å². The van der Waals surface area contributed by atoms with Crippen LogP contribution in [-0.2, 0) is 4.79 Å². The molecule has 2 N–H and O–H groups in total. The Balaban J connectivity index is 1.72. The second-order valence-corrected chi connectivity index (χ2v) is 8.88. The van der Waals surface area contributed by atoms with Crippen molar-refractivity contribution in [2.45, 2.75) is 38.4 Å². The number of halogens is 1. The molecule has 9 heteroatoms. The van der Waals surface area contributed by atoms with Crippen LogP contribution in [-0.4, -0.2) is 26.4 Å². The Hall–Kier alpha value is -2.52. The molecule has 0 bridgehead atoms. The Bertz CT molecular complexity index is 1100. The van der Waals surface area contributed by atoms with E-state index in [0.717, 1.165) is 23.4 Å². The molecule has 3 heterocycles. The van der Waals surface area contributed by atoms with Gasteiger partial charge in [0.15, 0.2) is 4.67 Å². The number of fused-ring (bicyclic) bond motifs is 1. The van der Waals surface area contributed by atoms with Crippen molar-refractivity contribution in [2.75, 3.05) is 16.4 Å². The SMILES string of the molecule is CCCSc1nc2n(n1)C(c1ccc(Br)o1)C(C(=O)Nc1ccc(C)cc1)=C(C)N2.